The zero-order chi connectivity index (χ0) is 15.0. The standard InChI is InChI=1S/C15H14Br2N2OS/c16-11-7-13(21-14(11)17)15(20)19-8-9(5-6-18)10-3-1-2-4-12(10)19/h1-4,7,9H,5-6,8,18H2. The average Bonchev–Trinajstić information content (AvgIpc) is 3.01. The largest absolute Gasteiger partial charge is 0.330 e. The van der Waals surface area contributed by atoms with Gasteiger partial charge in [-0.25, -0.2) is 0 Å². The number of benzene rings is 1. The van der Waals surface area contributed by atoms with Gasteiger partial charge in [-0.2, -0.15) is 0 Å². The molecule has 1 aromatic carbocycles. The van der Waals surface area contributed by atoms with E-state index in [-0.39, 0.29) is 5.91 Å². The van der Waals surface area contributed by atoms with Gasteiger partial charge in [0.15, 0.2) is 0 Å². The first-order valence-electron chi connectivity index (χ1n) is 6.67. The van der Waals surface area contributed by atoms with Crippen LogP contribution in [0.25, 0.3) is 0 Å². The number of hydrogen-bond acceptors (Lipinski definition) is 3. The van der Waals surface area contributed by atoms with Crippen LogP contribution in [0, 0.1) is 0 Å². The van der Waals surface area contributed by atoms with Crippen molar-refractivity contribution in [2.45, 2.75) is 12.3 Å². The summed E-state index contributed by atoms with van der Waals surface area (Å²) >= 11 is 8.34. The number of halogens is 2. The number of para-hydroxylation sites is 1. The van der Waals surface area contributed by atoms with E-state index in [0.717, 1.165) is 25.2 Å². The lowest BCUT2D eigenvalue weighted by atomic mass is 9.98. The molecule has 1 unspecified atom stereocenters. The fourth-order valence-corrected chi connectivity index (χ4v) is 4.71. The van der Waals surface area contributed by atoms with Crippen molar-refractivity contribution >= 4 is 54.8 Å². The van der Waals surface area contributed by atoms with Crippen LogP contribution in [0.4, 0.5) is 5.69 Å². The summed E-state index contributed by atoms with van der Waals surface area (Å²) in [6.07, 6.45) is 0.901. The van der Waals surface area contributed by atoms with Crippen molar-refractivity contribution in [3.8, 4) is 0 Å². The topological polar surface area (TPSA) is 46.3 Å². The molecule has 1 atom stereocenters. The summed E-state index contributed by atoms with van der Waals surface area (Å²) in [5.41, 5.74) is 7.95. The van der Waals surface area contributed by atoms with Gasteiger partial charge in [0.25, 0.3) is 5.91 Å². The fraction of sp³-hybridized carbons (Fsp3) is 0.267. The van der Waals surface area contributed by atoms with E-state index in [4.69, 9.17) is 5.73 Å². The third-order valence-corrected chi connectivity index (χ3v) is 6.93. The number of rotatable bonds is 3. The number of thiophene rings is 1. The molecule has 1 aliphatic rings. The molecule has 1 aromatic heterocycles. The average molecular weight is 430 g/mol. The zero-order valence-electron chi connectivity index (χ0n) is 11.2. The molecule has 1 amide bonds. The van der Waals surface area contributed by atoms with Gasteiger partial charge >= 0.3 is 0 Å². The Balaban J connectivity index is 1.94. The number of anilines is 1. The quantitative estimate of drug-likeness (QED) is 0.787. The summed E-state index contributed by atoms with van der Waals surface area (Å²) < 4.78 is 1.86. The molecule has 2 aromatic rings. The molecule has 0 fully saturated rings. The van der Waals surface area contributed by atoms with Crippen LogP contribution in [0.3, 0.4) is 0 Å². The third kappa shape index (κ3) is 2.82. The van der Waals surface area contributed by atoms with Crippen molar-refractivity contribution in [2.24, 2.45) is 5.73 Å². The summed E-state index contributed by atoms with van der Waals surface area (Å²) in [6.45, 7) is 1.35. The van der Waals surface area contributed by atoms with Crippen molar-refractivity contribution in [1.29, 1.82) is 0 Å². The molecule has 21 heavy (non-hydrogen) atoms. The molecular weight excluding hydrogens is 416 g/mol. The first kappa shape index (κ1) is 15.2. The van der Waals surface area contributed by atoms with Crippen LogP contribution in [0.15, 0.2) is 38.6 Å². The maximum atomic E-state index is 12.8. The second-order valence-corrected chi connectivity index (χ2v) is 8.21. The van der Waals surface area contributed by atoms with Crippen molar-refractivity contribution in [3.05, 3.63) is 49.0 Å². The Hall–Kier alpha value is -0.690. The maximum Gasteiger partial charge on any atom is 0.268 e. The molecule has 3 nitrogen and oxygen atoms in total. The second kappa shape index (κ2) is 6.20. The van der Waals surface area contributed by atoms with Crippen molar-refractivity contribution in [2.75, 3.05) is 18.0 Å². The summed E-state index contributed by atoms with van der Waals surface area (Å²) in [5.74, 6) is 0.389. The Labute approximate surface area is 144 Å². The van der Waals surface area contributed by atoms with Crippen molar-refractivity contribution in [1.82, 2.24) is 0 Å². The lowest BCUT2D eigenvalue weighted by Crippen LogP contribution is -2.29. The van der Waals surface area contributed by atoms with E-state index in [9.17, 15) is 4.79 Å². The molecule has 6 heteroatoms. The van der Waals surface area contributed by atoms with Crippen LogP contribution in [0.1, 0.15) is 27.6 Å². The van der Waals surface area contributed by atoms with Gasteiger partial charge < -0.3 is 10.6 Å². The monoisotopic (exact) mass is 428 g/mol. The molecule has 110 valence electrons. The van der Waals surface area contributed by atoms with E-state index in [1.807, 2.05) is 29.2 Å². The van der Waals surface area contributed by atoms with Crippen LogP contribution >= 0.6 is 43.2 Å². The molecule has 0 spiro atoms. The second-order valence-electron chi connectivity index (χ2n) is 4.98. The van der Waals surface area contributed by atoms with Gasteiger partial charge in [-0.1, -0.05) is 18.2 Å². The summed E-state index contributed by atoms with van der Waals surface area (Å²) in [5, 5.41) is 0. The Morgan fingerprint density at radius 1 is 1.38 bits per heavy atom. The minimum Gasteiger partial charge on any atom is -0.330 e. The first-order valence-corrected chi connectivity index (χ1v) is 9.07. The number of amides is 1. The first-order chi connectivity index (χ1) is 10.1. The molecule has 0 saturated heterocycles. The SMILES string of the molecule is NCCC1CN(C(=O)c2cc(Br)c(Br)s2)c2ccccc21. The van der Waals surface area contributed by atoms with Crippen LogP contribution in [0.5, 0.6) is 0 Å². The van der Waals surface area contributed by atoms with Crippen LogP contribution < -0.4 is 10.6 Å². The summed E-state index contributed by atoms with van der Waals surface area (Å²) in [6, 6.07) is 9.99. The highest BCUT2D eigenvalue weighted by molar-refractivity contribution is 9.13. The molecule has 0 aliphatic carbocycles. The smallest absolute Gasteiger partial charge is 0.268 e. The lowest BCUT2D eigenvalue weighted by Gasteiger charge is -2.16. The maximum absolute atomic E-state index is 12.8. The Morgan fingerprint density at radius 2 is 2.14 bits per heavy atom. The van der Waals surface area contributed by atoms with Gasteiger partial charge in [-0.15, -0.1) is 11.3 Å². The number of carbonyl (C=O) groups is 1. The molecule has 1 aliphatic heterocycles. The third-order valence-electron chi connectivity index (χ3n) is 3.69. The molecule has 0 bridgehead atoms. The Kier molecular flexibility index (Phi) is 4.49. The summed E-state index contributed by atoms with van der Waals surface area (Å²) in [4.78, 5) is 15.4. The van der Waals surface area contributed by atoms with E-state index in [1.54, 1.807) is 0 Å². The zero-order valence-corrected chi connectivity index (χ0v) is 15.2. The van der Waals surface area contributed by atoms with Gasteiger partial charge in [0.05, 0.1) is 8.66 Å². The number of fused-ring (bicyclic) bond motifs is 1. The van der Waals surface area contributed by atoms with Gasteiger partial charge in [0.1, 0.15) is 0 Å². The molecular formula is C15H14Br2N2OS. The van der Waals surface area contributed by atoms with E-state index in [1.165, 1.54) is 16.9 Å². The number of hydrogen-bond donors (Lipinski definition) is 1. The summed E-state index contributed by atoms with van der Waals surface area (Å²) in [7, 11) is 0. The van der Waals surface area contributed by atoms with Gasteiger partial charge in [0, 0.05) is 22.6 Å². The Bertz CT molecular complexity index is 667. The highest BCUT2D eigenvalue weighted by atomic mass is 79.9. The van der Waals surface area contributed by atoms with E-state index in [2.05, 4.69) is 37.9 Å². The van der Waals surface area contributed by atoms with Crippen LogP contribution in [-0.4, -0.2) is 19.0 Å². The van der Waals surface area contributed by atoms with E-state index < -0.39 is 0 Å². The van der Waals surface area contributed by atoms with Crippen molar-refractivity contribution in [3.63, 3.8) is 0 Å². The molecule has 2 N–H and O–H groups in total. The van der Waals surface area contributed by atoms with Gasteiger partial charge in [0.2, 0.25) is 0 Å². The number of nitrogens with two attached hydrogens (primary N) is 1. The van der Waals surface area contributed by atoms with E-state index >= 15 is 0 Å². The minimum atomic E-state index is 0.0540. The molecule has 2 heterocycles. The van der Waals surface area contributed by atoms with Gasteiger partial charge in [-0.3, -0.25) is 4.79 Å². The highest BCUT2D eigenvalue weighted by Gasteiger charge is 2.32. The minimum absolute atomic E-state index is 0.0540. The van der Waals surface area contributed by atoms with Gasteiger partial charge in [-0.05, 0) is 62.5 Å². The molecule has 0 radical (unpaired) electrons. The fourth-order valence-electron chi connectivity index (χ4n) is 2.72. The lowest BCUT2D eigenvalue weighted by molar-refractivity contribution is 0.0992. The van der Waals surface area contributed by atoms with Crippen LogP contribution in [0.2, 0.25) is 0 Å². The van der Waals surface area contributed by atoms with Crippen LogP contribution in [-0.2, 0) is 0 Å². The predicted molar refractivity (Wildman–Crippen MR) is 94.2 cm³/mol. The van der Waals surface area contributed by atoms with Crippen molar-refractivity contribution < 1.29 is 4.79 Å². The number of carbonyl (C=O) groups excluding carboxylic acids is 1. The Morgan fingerprint density at radius 3 is 2.81 bits per heavy atom. The normalized spacial score (nSPS) is 17.1. The molecule has 0 saturated carbocycles. The molecule has 3 rings (SSSR count). The number of nitrogens with zero attached hydrogens (tertiary/aromatic N) is 1. The highest BCUT2D eigenvalue weighted by Crippen LogP contribution is 2.40. The predicted octanol–water partition coefficient (Wildman–Crippen LogP) is 4.37. The van der Waals surface area contributed by atoms with E-state index in [0.29, 0.717) is 19.0 Å².